The molecule has 0 bridgehead atoms. The summed E-state index contributed by atoms with van der Waals surface area (Å²) >= 11 is 0. The van der Waals surface area contributed by atoms with Crippen molar-refractivity contribution < 1.29 is 13.5 Å². The second-order valence-electron chi connectivity index (χ2n) is 6.30. The summed E-state index contributed by atoms with van der Waals surface area (Å²) in [5.41, 5.74) is 3.93. The minimum atomic E-state index is 0.251. The van der Waals surface area contributed by atoms with Crippen LogP contribution in [0.4, 0.5) is 0 Å². The van der Waals surface area contributed by atoms with E-state index in [1.807, 2.05) is 61.5 Å². The fraction of sp³-hybridized carbons (Fsp3) is 0.0476. The number of nitrogens with zero attached hydrogens (tertiary/aromatic N) is 4. The van der Waals surface area contributed by atoms with Crippen LogP contribution in [0.15, 0.2) is 80.2 Å². The Labute approximate surface area is 159 Å². The monoisotopic (exact) mass is 370 g/mol. The molecular weight excluding hydrogens is 356 g/mol. The minimum absolute atomic E-state index is 0.251. The molecule has 0 amide bonds. The predicted molar refractivity (Wildman–Crippen MR) is 101 cm³/mol. The van der Waals surface area contributed by atoms with Gasteiger partial charge < -0.3 is 13.5 Å². The summed E-state index contributed by atoms with van der Waals surface area (Å²) in [6.45, 7) is 2.03. The van der Waals surface area contributed by atoms with E-state index in [0.717, 1.165) is 11.1 Å². The lowest BCUT2D eigenvalue weighted by molar-refractivity contribution is 0.428. The molecular formula is C21H14N4O3. The maximum absolute atomic E-state index is 5.71. The summed E-state index contributed by atoms with van der Waals surface area (Å²) in [6.07, 6.45) is 0. The number of hydrogen-bond donors (Lipinski definition) is 0. The van der Waals surface area contributed by atoms with Crippen LogP contribution in [-0.2, 0) is 0 Å². The zero-order valence-corrected chi connectivity index (χ0v) is 14.9. The molecule has 5 aromatic rings. The molecule has 3 aromatic heterocycles. The predicted octanol–water partition coefficient (Wildman–Crippen LogP) is 5.02. The van der Waals surface area contributed by atoms with Crippen molar-refractivity contribution in [2.24, 2.45) is 0 Å². The van der Waals surface area contributed by atoms with Gasteiger partial charge >= 0.3 is 0 Å². The number of benzene rings is 2. The van der Waals surface area contributed by atoms with Crippen LogP contribution in [0, 0.1) is 6.92 Å². The van der Waals surface area contributed by atoms with Crippen molar-refractivity contribution in [1.29, 1.82) is 0 Å². The summed E-state index contributed by atoms with van der Waals surface area (Å²) in [7, 11) is 0. The van der Waals surface area contributed by atoms with Gasteiger partial charge in [0, 0.05) is 23.3 Å². The first-order valence-electron chi connectivity index (χ1n) is 8.66. The standard InChI is InChI=1S/C21H14N4O3/c1-13-7-9-15(10-8-13)19-12-17(25-28-19)21-23-22-20(26-21)16-11-18(27-24-16)14-5-3-2-4-6-14/h2-12H,1H3. The Kier molecular flexibility index (Phi) is 3.83. The highest BCUT2D eigenvalue weighted by molar-refractivity contribution is 5.64. The van der Waals surface area contributed by atoms with Crippen LogP contribution in [0.3, 0.4) is 0 Å². The number of aromatic nitrogens is 4. The van der Waals surface area contributed by atoms with Crippen LogP contribution in [0.2, 0.25) is 0 Å². The molecule has 28 heavy (non-hydrogen) atoms. The van der Waals surface area contributed by atoms with Crippen molar-refractivity contribution in [3.8, 4) is 45.8 Å². The van der Waals surface area contributed by atoms with Gasteiger partial charge in [0.05, 0.1) is 0 Å². The molecule has 0 N–H and O–H groups in total. The van der Waals surface area contributed by atoms with Crippen LogP contribution in [0.1, 0.15) is 5.56 Å². The molecule has 0 radical (unpaired) electrons. The second-order valence-corrected chi connectivity index (χ2v) is 6.30. The smallest absolute Gasteiger partial charge is 0.270 e. The molecule has 5 rings (SSSR count). The lowest BCUT2D eigenvalue weighted by atomic mass is 10.1. The highest BCUT2D eigenvalue weighted by Crippen LogP contribution is 2.29. The maximum atomic E-state index is 5.71. The molecule has 0 spiro atoms. The van der Waals surface area contributed by atoms with E-state index in [4.69, 9.17) is 13.5 Å². The van der Waals surface area contributed by atoms with Gasteiger partial charge in [-0.3, -0.25) is 0 Å². The maximum Gasteiger partial charge on any atom is 0.270 e. The van der Waals surface area contributed by atoms with Gasteiger partial charge in [-0.1, -0.05) is 70.5 Å². The average molecular weight is 370 g/mol. The van der Waals surface area contributed by atoms with E-state index in [2.05, 4.69) is 20.5 Å². The summed E-state index contributed by atoms with van der Waals surface area (Å²) in [5.74, 6) is 1.75. The van der Waals surface area contributed by atoms with Crippen molar-refractivity contribution >= 4 is 0 Å². The Bertz CT molecular complexity index is 1220. The number of hydrogen-bond acceptors (Lipinski definition) is 7. The largest absolute Gasteiger partial charge is 0.413 e. The van der Waals surface area contributed by atoms with Gasteiger partial charge in [0.25, 0.3) is 11.8 Å². The average Bonchev–Trinajstić information content (AvgIpc) is 3.48. The van der Waals surface area contributed by atoms with Gasteiger partial charge in [0.15, 0.2) is 22.9 Å². The fourth-order valence-electron chi connectivity index (χ4n) is 2.77. The van der Waals surface area contributed by atoms with Crippen LogP contribution in [0.25, 0.3) is 45.8 Å². The van der Waals surface area contributed by atoms with E-state index in [1.165, 1.54) is 5.56 Å². The molecule has 0 atom stereocenters. The molecule has 2 aromatic carbocycles. The van der Waals surface area contributed by atoms with E-state index in [9.17, 15) is 0 Å². The molecule has 0 aliphatic heterocycles. The first-order chi connectivity index (χ1) is 13.8. The number of rotatable bonds is 4. The van der Waals surface area contributed by atoms with E-state index in [0.29, 0.717) is 22.9 Å². The van der Waals surface area contributed by atoms with Gasteiger partial charge in [-0.25, -0.2) is 0 Å². The SMILES string of the molecule is Cc1ccc(-c2cc(-c3nnc(-c4cc(-c5ccccc5)on4)o3)no2)cc1. The lowest BCUT2D eigenvalue weighted by Crippen LogP contribution is -1.76. The third-order valence-electron chi connectivity index (χ3n) is 4.28. The van der Waals surface area contributed by atoms with Crippen molar-refractivity contribution in [3.63, 3.8) is 0 Å². The Balaban J connectivity index is 1.41. The minimum Gasteiger partial charge on any atom is -0.413 e. The molecule has 0 saturated heterocycles. The highest BCUT2D eigenvalue weighted by atomic mass is 16.5. The first kappa shape index (κ1) is 16.2. The fourth-order valence-corrected chi connectivity index (χ4v) is 2.77. The van der Waals surface area contributed by atoms with Crippen LogP contribution in [0.5, 0.6) is 0 Å². The van der Waals surface area contributed by atoms with Gasteiger partial charge in [0.1, 0.15) is 0 Å². The second kappa shape index (κ2) is 6.62. The van der Waals surface area contributed by atoms with Gasteiger partial charge in [0.2, 0.25) is 0 Å². The molecule has 0 aliphatic carbocycles. The topological polar surface area (TPSA) is 91.0 Å². The summed E-state index contributed by atoms with van der Waals surface area (Å²) in [5, 5.41) is 16.1. The quantitative estimate of drug-likeness (QED) is 0.438. The Morgan fingerprint density at radius 1 is 0.643 bits per heavy atom. The summed E-state index contributed by atoms with van der Waals surface area (Å²) in [6, 6.07) is 21.2. The highest BCUT2D eigenvalue weighted by Gasteiger charge is 2.18. The third-order valence-corrected chi connectivity index (χ3v) is 4.28. The van der Waals surface area contributed by atoms with Crippen LogP contribution in [-0.4, -0.2) is 20.5 Å². The molecule has 3 heterocycles. The molecule has 7 heteroatoms. The summed E-state index contributed by atoms with van der Waals surface area (Å²) < 4.78 is 16.5. The Hall–Kier alpha value is -4.00. The lowest BCUT2D eigenvalue weighted by Gasteiger charge is -1.95. The van der Waals surface area contributed by atoms with Gasteiger partial charge in [-0.2, -0.15) is 0 Å². The molecule has 0 aliphatic rings. The first-order valence-corrected chi connectivity index (χ1v) is 8.66. The van der Waals surface area contributed by atoms with E-state index >= 15 is 0 Å². The molecule has 136 valence electrons. The molecule has 0 fully saturated rings. The van der Waals surface area contributed by atoms with Crippen LogP contribution >= 0.6 is 0 Å². The van der Waals surface area contributed by atoms with Gasteiger partial charge in [-0.05, 0) is 6.92 Å². The van der Waals surface area contributed by atoms with Crippen molar-refractivity contribution in [2.45, 2.75) is 6.92 Å². The van der Waals surface area contributed by atoms with Crippen LogP contribution < -0.4 is 0 Å². The number of aryl methyl sites for hydroxylation is 1. The van der Waals surface area contributed by atoms with Crippen molar-refractivity contribution in [1.82, 2.24) is 20.5 Å². The Morgan fingerprint density at radius 3 is 1.75 bits per heavy atom. The van der Waals surface area contributed by atoms with E-state index < -0.39 is 0 Å². The Morgan fingerprint density at radius 2 is 1.18 bits per heavy atom. The van der Waals surface area contributed by atoms with E-state index in [-0.39, 0.29) is 11.8 Å². The van der Waals surface area contributed by atoms with Gasteiger partial charge in [-0.15, -0.1) is 10.2 Å². The molecule has 0 saturated carbocycles. The molecule has 7 nitrogen and oxygen atoms in total. The van der Waals surface area contributed by atoms with Crippen molar-refractivity contribution in [3.05, 3.63) is 72.3 Å². The third kappa shape index (κ3) is 2.99. The molecule has 0 unspecified atom stereocenters. The zero-order chi connectivity index (χ0) is 18.9. The zero-order valence-electron chi connectivity index (χ0n) is 14.9. The van der Waals surface area contributed by atoms with E-state index in [1.54, 1.807) is 12.1 Å². The van der Waals surface area contributed by atoms with Crippen molar-refractivity contribution in [2.75, 3.05) is 0 Å². The normalized spacial score (nSPS) is 11.0. The summed E-state index contributed by atoms with van der Waals surface area (Å²) in [4.78, 5) is 0.